The van der Waals surface area contributed by atoms with Crippen LogP contribution in [0.3, 0.4) is 0 Å². The fourth-order valence-corrected chi connectivity index (χ4v) is 3.61. The summed E-state index contributed by atoms with van der Waals surface area (Å²) in [6.45, 7) is 0. The molecule has 132 valence electrons. The predicted octanol–water partition coefficient (Wildman–Crippen LogP) is 4.53. The number of halogens is 2. The number of Topliss-reactive ketones (excluding diaryl/α,β-unsaturated/α-hetero) is 1. The Balaban J connectivity index is 1.57. The first kappa shape index (κ1) is 16.9. The number of ketones is 1. The summed E-state index contributed by atoms with van der Waals surface area (Å²) in [5.74, 6) is -0.193. The van der Waals surface area contributed by atoms with Gasteiger partial charge in [0.25, 0.3) is 0 Å². The summed E-state index contributed by atoms with van der Waals surface area (Å²) in [4.78, 5) is 12.3. The van der Waals surface area contributed by atoms with Crippen LogP contribution in [0.4, 0.5) is 8.78 Å². The van der Waals surface area contributed by atoms with E-state index in [-0.39, 0.29) is 29.2 Å². The normalized spacial score (nSPS) is 13.8. The molecule has 3 aromatic rings. The molecule has 1 heterocycles. The van der Waals surface area contributed by atoms with E-state index in [2.05, 4.69) is 10.2 Å². The molecule has 1 fully saturated rings. The van der Waals surface area contributed by atoms with Gasteiger partial charge in [-0.15, -0.1) is 10.2 Å². The highest BCUT2D eigenvalue weighted by Gasteiger charge is 2.31. The van der Waals surface area contributed by atoms with Crippen molar-refractivity contribution in [3.8, 4) is 11.4 Å². The lowest BCUT2D eigenvalue weighted by molar-refractivity contribution is 0.102. The third-order valence-corrected chi connectivity index (χ3v) is 5.13. The largest absolute Gasteiger partial charge is 0.299 e. The van der Waals surface area contributed by atoms with Gasteiger partial charge >= 0.3 is 0 Å². The zero-order valence-electron chi connectivity index (χ0n) is 13.7. The summed E-state index contributed by atoms with van der Waals surface area (Å²) in [5.41, 5.74) is 0.856. The van der Waals surface area contributed by atoms with Crippen molar-refractivity contribution in [2.45, 2.75) is 24.0 Å². The lowest BCUT2D eigenvalue weighted by Gasteiger charge is -2.09. The number of hydrogen-bond donors (Lipinski definition) is 0. The van der Waals surface area contributed by atoms with Gasteiger partial charge in [0.15, 0.2) is 16.8 Å². The minimum absolute atomic E-state index is 0.118. The molecule has 0 bridgehead atoms. The van der Waals surface area contributed by atoms with E-state index in [0.29, 0.717) is 22.1 Å². The lowest BCUT2D eigenvalue weighted by atomic mass is 10.1. The minimum atomic E-state index is -0.378. The number of hydrogen-bond acceptors (Lipinski definition) is 4. The first-order valence-corrected chi connectivity index (χ1v) is 9.23. The highest BCUT2D eigenvalue weighted by atomic mass is 32.2. The van der Waals surface area contributed by atoms with E-state index in [1.165, 1.54) is 42.1 Å². The van der Waals surface area contributed by atoms with E-state index in [9.17, 15) is 13.6 Å². The molecule has 0 aliphatic heterocycles. The highest BCUT2D eigenvalue weighted by molar-refractivity contribution is 7.99. The standard InChI is InChI=1S/C19H15F2N3OS/c20-13-7-5-12(6-8-13)17(25)11-26-19-23-22-18(24(19)14-9-10-14)15-3-1-2-4-16(15)21/h1-8,14H,9-11H2. The van der Waals surface area contributed by atoms with Crippen LogP contribution >= 0.6 is 11.8 Å². The van der Waals surface area contributed by atoms with E-state index in [1.807, 2.05) is 4.57 Å². The van der Waals surface area contributed by atoms with Crippen molar-refractivity contribution >= 4 is 17.5 Å². The molecule has 2 aromatic carbocycles. The number of carbonyl (C=O) groups excluding carboxylic acids is 1. The molecular formula is C19H15F2N3OS. The second-order valence-electron chi connectivity index (χ2n) is 6.11. The van der Waals surface area contributed by atoms with Crippen molar-refractivity contribution < 1.29 is 13.6 Å². The molecule has 0 atom stereocenters. The van der Waals surface area contributed by atoms with E-state index >= 15 is 0 Å². The number of nitrogens with zero attached hydrogens (tertiary/aromatic N) is 3. The maximum atomic E-state index is 14.1. The summed E-state index contributed by atoms with van der Waals surface area (Å²) in [7, 11) is 0. The van der Waals surface area contributed by atoms with E-state index in [1.54, 1.807) is 18.2 Å². The number of rotatable bonds is 6. The quantitative estimate of drug-likeness (QED) is 0.472. The molecule has 0 amide bonds. The van der Waals surface area contributed by atoms with Gasteiger partial charge in [-0.25, -0.2) is 8.78 Å². The predicted molar refractivity (Wildman–Crippen MR) is 95.1 cm³/mol. The zero-order valence-corrected chi connectivity index (χ0v) is 14.5. The van der Waals surface area contributed by atoms with Crippen LogP contribution in [-0.2, 0) is 0 Å². The van der Waals surface area contributed by atoms with Crippen LogP contribution in [0.2, 0.25) is 0 Å². The average Bonchev–Trinajstić information content (AvgIpc) is 3.40. The van der Waals surface area contributed by atoms with Gasteiger partial charge in [-0.05, 0) is 49.2 Å². The molecule has 0 unspecified atom stereocenters. The van der Waals surface area contributed by atoms with Gasteiger partial charge < -0.3 is 0 Å². The van der Waals surface area contributed by atoms with Gasteiger partial charge in [-0.2, -0.15) is 0 Å². The van der Waals surface area contributed by atoms with Crippen LogP contribution in [0.15, 0.2) is 53.7 Å². The van der Waals surface area contributed by atoms with Crippen molar-refractivity contribution in [3.05, 3.63) is 65.7 Å². The molecule has 26 heavy (non-hydrogen) atoms. The van der Waals surface area contributed by atoms with Crippen LogP contribution in [-0.4, -0.2) is 26.3 Å². The third-order valence-electron chi connectivity index (χ3n) is 4.19. The fraction of sp³-hybridized carbons (Fsp3) is 0.211. The Morgan fingerprint density at radius 1 is 1.08 bits per heavy atom. The summed E-state index contributed by atoms with van der Waals surface area (Å²) in [6.07, 6.45) is 1.97. The molecule has 0 radical (unpaired) electrons. The Kier molecular flexibility index (Phi) is 4.55. The molecule has 0 saturated heterocycles. The number of carbonyl (C=O) groups is 1. The van der Waals surface area contributed by atoms with Crippen molar-refractivity contribution in [3.63, 3.8) is 0 Å². The molecule has 4 nitrogen and oxygen atoms in total. The van der Waals surface area contributed by atoms with Crippen LogP contribution in [0, 0.1) is 11.6 Å². The molecular weight excluding hydrogens is 356 g/mol. The summed E-state index contributed by atoms with van der Waals surface area (Å²) < 4.78 is 29.0. The smallest absolute Gasteiger partial charge is 0.192 e. The Bertz CT molecular complexity index is 952. The van der Waals surface area contributed by atoms with E-state index in [0.717, 1.165) is 12.8 Å². The molecule has 7 heteroatoms. The maximum Gasteiger partial charge on any atom is 0.192 e. The third kappa shape index (κ3) is 3.39. The van der Waals surface area contributed by atoms with Gasteiger partial charge in [0.1, 0.15) is 11.6 Å². The van der Waals surface area contributed by atoms with Crippen molar-refractivity contribution in [2.24, 2.45) is 0 Å². The number of thioether (sulfide) groups is 1. The Morgan fingerprint density at radius 3 is 2.50 bits per heavy atom. The number of benzene rings is 2. The first-order valence-electron chi connectivity index (χ1n) is 8.25. The Hall–Kier alpha value is -2.54. The molecule has 0 N–H and O–H groups in total. The highest BCUT2D eigenvalue weighted by Crippen LogP contribution is 2.41. The second kappa shape index (κ2) is 6.99. The Morgan fingerprint density at radius 2 is 1.81 bits per heavy atom. The topological polar surface area (TPSA) is 47.8 Å². The Labute approximate surface area is 153 Å². The molecule has 1 aromatic heterocycles. The van der Waals surface area contributed by atoms with Crippen LogP contribution in [0.25, 0.3) is 11.4 Å². The van der Waals surface area contributed by atoms with Crippen LogP contribution < -0.4 is 0 Å². The first-order chi connectivity index (χ1) is 12.6. The molecule has 4 rings (SSSR count). The van der Waals surface area contributed by atoms with Gasteiger partial charge in [0, 0.05) is 11.6 Å². The van der Waals surface area contributed by atoms with Crippen molar-refractivity contribution in [2.75, 3.05) is 5.75 Å². The average molecular weight is 371 g/mol. The van der Waals surface area contributed by atoms with Crippen molar-refractivity contribution in [1.82, 2.24) is 14.8 Å². The summed E-state index contributed by atoms with van der Waals surface area (Å²) >= 11 is 1.27. The number of aromatic nitrogens is 3. The van der Waals surface area contributed by atoms with E-state index < -0.39 is 0 Å². The molecule has 1 aliphatic rings. The second-order valence-corrected chi connectivity index (χ2v) is 7.05. The zero-order chi connectivity index (χ0) is 18.1. The van der Waals surface area contributed by atoms with Gasteiger partial charge in [-0.3, -0.25) is 9.36 Å². The molecule has 1 aliphatic carbocycles. The van der Waals surface area contributed by atoms with Gasteiger partial charge in [0.2, 0.25) is 0 Å². The minimum Gasteiger partial charge on any atom is -0.299 e. The lowest BCUT2D eigenvalue weighted by Crippen LogP contribution is -2.05. The molecule has 1 saturated carbocycles. The van der Waals surface area contributed by atoms with Crippen LogP contribution in [0.5, 0.6) is 0 Å². The monoisotopic (exact) mass is 371 g/mol. The van der Waals surface area contributed by atoms with Gasteiger partial charge in [0.05, 0.1) is 11.3 Å². The maximum absolute atomic E-state index is 14.1. The fourth-order valence-electron chi connectivity index (χ4n) is 2.71. The summed E-state index contributed by atoms with van der Waals surface area (Å²) in [6, 6.07) is 12.2. The van der Waals surface area contributed by atoms with Crippen LogP contribution in [0.1, 0.15) is 29.2 Å². The molecule has 0 spiro atoms. The van der Waals surface area contributed by atoms with E-state index in [4.69, 9.17) is 0 Å². The van der Waals surface area contributed by atoms with Gasteiger partial charge in [-0.1, -0.05) is 23.9 Å². The van der Waals surface area contributed by atoms with Crippen molar-refractivity contribution in [1.29, 1.82) is 0 Å². The SMILES string of the molecule is O=C(CSc1nnc(-c2ccccc2F)n1C1CC1)c1ccc(F)cc1. The summed E-state index contributed by atoms with van der Waals surface area (Å²) in [5, 5.41) is 8.93.